The number of hydrogen-bond donors (Lipinski definition) is 2. The van der Waals surface area contributed by atoms with Crippen LogP contribution in [0, 0.1) is 6.92 Å². The number of nitrogens with zero attached hydrogens (tertiary/aromatic N) is 3. The van der Waals surface area contributed by atoms with E-state index in [0.717, 1.165) is 24.8 Å². The predicted octanol–water partition coefficient (Wildman–Crippen LogP) is 2.21. The van der Waals surface area contributed by atoms with Crippen LogP contribution < -0.4 is 10.6 Å². The number of carbonyl (C=O) groups is 2. The van der Waals surface area contributed by atoms with E-state index in [1.807, 2.05) is 18.2 Å². The molecule has 1 aromatic carbocycles. The average Bonchev–Trinajstić information content (AvgIpc) is 2.99. The lowest BCUT2D eigenvalue weighted by atomic mass is 9.76. The number of anilines is 1. The zero-order chi connectivity index (χ0) is 18.7. The summed E-state index contributed by atoms with van der Waals surface area (Å²) in [6.07, 6.45) is 2.74. The van der Waals surface area contributed by atoms with Gasteiger partial charge in [0.2, 0.25) is 11.8 Å². The number of benzene rings is 1. The molecule has 1 aliphatic carbocycles. The Morgan fingerprint density at radius 2 is 2.00 bits per heavy atom. The van der Waals surface area contributed by atoms with Crippen LogP contribution in [0.3, 0.4) is 0 Å². The molecule has 8 heteroatoms. The third-order valence-corrected chi connectivity index (χ3v) is 4.62. The summed E-state index contributed by atoms with van der Waals surface area (Å²) in [7, 11) is 3.41. The minimum Gasteiger partial charge on any atom is -0.349 e. The minimum absolute atomic E-state index is 0.0302. The molecule has 3 rings (SSSR count). The highest BCUT2D eigenvalue weighted by molar-refractivity contribution is 5.92. The van der Waals surface area contributed by atoms with Gasteiger partial charge >= 0.3 is 6.03 Å². The van der Waals surface area contributed by atoms with E-state index in [1.165, 1.54) is 4.90 Å². The van der Waals surface area contributed by atoms with Gasteiger partial charge in [0.15, 0.2) is 5.82 Å². The molecule has 1 aromatic heterocycles. The first-order chi connectivity index (χ1) is 12.4. The number of likely N-dealkylation sites (N-methyl/N-ethyl adjacent to an activating group) is 1. The second kappa shape index (κ2) is 7.15. The van der Waals surface area contributed by atoms with Gasteiger partial charge in [-0.25, -0.2) is 4.79 Å². The van der Waals surface area contributed by atoms with Crippen molar-refractivity contribution in [2.75, 3.05) is 19.4 Å². The molecule has 0 saturated heterocycles. The van der Waals surface area contributed by atoms with Crippen molar-refractivity contribution < 1.29 is 14.1 Å². The van der Waals surface area contributed by atoms with Gasteiger partial charge in [-0.2, -0.15) is 4.98 Å². The van der Waals surface area contributed by atoms with Crippen LogP contribution in [0.25, 0.3) is 0 Å². The number of aromatic nitrogens is 2. The van der Waals surface area contributed by atoms with Gasteiger partial charge in [-0.15, -0.1) is 0 Å². The molecule has 3 amide bonds. The quantitative estimate of drug-likeness (QED) is 0.854. The van der Waals surface area contributed by atoms with Crippen molar-refractivity contribution in [3.8, 4) is 0 Å². The van der Waals surface area contributed by atoms with Gasteiger partial charge in [-0.1, -0.05) is 23.4 Å². The van der Waals surface area contributed by atoms with Gasteiger partial charge < -0.3 is 20.1 Å². The first-order valence-corrected chi connectivity index (χ1v) is 8.58. The number of para-hydroxylation sites is 1. The fourth-order valence-electron chi connectivity index (χ4n) is 2.92. The summed E-state index contributed by atoms with van der Waals surface area (Å²) in [4.78, 5) is 30.4. The Bertz CT molecular complexity index is 811. The summed E-state index contributed by atoms with van der Waals surface area (Å²) >= 11 is 0. The average molecular weight is 357 g/mol. The van der Waals surface area contributed by atoms with Crippen LogP contribution in [0.2, 0.25) is 0 Å². The summed E-state index contributed by atoms with van der Waals surface area (Å²) in [5.74, 6) is 0.950. The van der Waals surface area contributed by atoms with Crippen molar-refractivity contribution >= 4 is 17.6 Å². The molecular weight excluding hydrogens is 334 g/mol. The van der Waals surface area contributed by atoms with Gasteiger partial charge in [0.25, 0.3) is 0 Å². The van der Waals surface area contributed by atoms with Crippen LogP contribution in [0.5, 0.6) is 0 Å². The second-order valence-electron chi connectivity index (χ2n) is 6.77. The van der Waals surface area contributed by atoms with Crippen LogP contribution in [-0.2, 0) is 16.8 Å². The van der Waals surface area contributed by atoms with E-state index in [1.54, 1.807) is 27.1 Å². The smallest absolute Gasteiger partial charge is 0.320 e. The molecule has 8 nitrogen and oxygen atoms in total. The lowest BCUT2D eigenvalue weighted by Crippen LogP contribution is -2.52. The lowest BCUT2D eigenvalue weighted by Gasteiger charge is -2.39. The third-order valence-electron chi connectivity index (χ3n) is 4.62. The number of carbonyl (C=O) groups excluding carboxylic acids is 2. The first-order valence-electron chi connectivity index (χ1n) is 8.58. The fourth-order valence-corrected chi connectivity index (χ4v) is 2.92. The van der Waals surface area contributed by atoms with E-state index in [9.17, 15) is 9.59 Å². The molecule has 1 heterocycles. The van der Waals surface area contributed by atoms with E-state index in [0.29, 0.717) is 17.4 Å². The summed E-state index contributed by atoms with van der Waals surface area (Å²) < 4.78 is 5.06. The molecule has 0 radical (unpaired) electrons. The standard InChI is InChI=1S/C18H23N5O3/c1-12-19-16(22-26-12)18(9-6-10-18)21-17(25)20-14-8-5-4-7-13(14)11-15(24)23(2)3/h4-5,7-8H,6,9-11H2,1-3H3,(H2,20,21,25). The number of aryl methyl sites for hydroxylation is 1. The Balaban J connectivity index is 1.71. The summed E-state index contributed by atoms with van der Waals surface area (Å²) in [6, 6.07) is 6.93. The lowest BCUT2D eigenvalue weighted by molar-refractivity contribution is -0.127. The Morgan fingerprint density at radius 1 is 1.27 bits per heavy atom. The predicted molar refractivity (Wildman–Crippen MR) is 95.6 cm³/mol. The third kappa shape index (κ3) is 3.68. The van der Waals surface area contributed by atoms with Gasteiger partial charge in [0.05, 0.1) is 6.42 Å². The summed E-state index contributed by atoms with van der Waals surface area (Å²) in [5.41, 5.74) is 0.786. The topological polar surface area (TPSA) is 100 Å². The van der Waals surface area contributed by atoms with Crippen molar-refractivity contribution in [1.29, 1.82) is 0 Å². The Morgan fingerprint density at radius 3 is 2.58 bits per heavy atom. The van der Waals surface area contributed by atoms with E-state index in [2.05, 4.69) is 20.8 Å². The van der Waals surface area contributed by atoms with Crippen LogP contribution in [0.4, 0.5) is 10.5 Å². The molecule has 138 valence electrons. The number of amides is 3. The molecule has 26 heavy (non-hydrogen) atoms. The maximum atomic E-state index is 12.6. The van der Waals surface area contributed by atoms with Crippen LogP contribution in [-0.4, -0.2) is 41.1 Å². The number of urea groups is 1. The number of rotatable bonds is 5. The van der Waals surface area contributed by atoms with Gasteiger partial charge in [-0.3, -0.25) is 4.79 Å². The highest BCUT2D eigenvalue weighted by atomic mass is 16.5. The van der Waals surface area contributed by atoms with E-state index >= 15 is 0 Å². The molecular formula is C18H23N5O3. The van der Waals surface area contributed by atoms with Crippen LogP contribution >= 0.6 is 0 Å². The zero-order valence-corrected chi connectivity index (χ0v) is 15.2. The first kappa shape index (κ1) is 17.9. The molecule has 0 spiro atoms. The molecule has 0 unspecified atom stereocenters. The Hall–Kier alpha value is -2.90. The highest BCUT2D eigenvalue weighted by Crippen LogP contribution is 2.39. The van der Waals surface area contributed by atoms with E-state index in [4.69, 9.17) is 4.52 Å². The minimum atomic E-state index is -0.587. The molecule has 0 atom stereocenters. The van der Waals surface area contributed by atoms with Crippen LogP contribution in [0.1, 0.15) is 36.5 Å². The highest BCUT2D eigenvalue weighted by Gasteiger charge is 2.44. The van der Waals surface area contributed by atoms with E-state index < -0.39 is 5.54 Å². The summed E-state index contributed by atoms with van der Waals surface area (Å²) in [6.45, 7) is 1.72. The fraction of sp³-hybridized carbons (Fsp3) is 0.444. The molecule has 1 fully saturated rings. The monoisotopic (exact) mass is 357 g/mol. The largest absolute Gasteiger partial charge is 0.349 e. The molecule has 1 aliphatic rings. The molecule has 1 saturated carbocycles. The Labute approximate surface area is 151 Å². The van der Waals surface area contributed by atoms with Gasteiger partial charge in [0.1, 0.15) is 5.54 Å². The molecule has 2 N–H and O–H groups in total. The van der Waals surface area contributed by atoms with Crippen molar-refractivity contribution in [3.63, 3.8) is 0 Å². The van der Waals surface area contributed by atoms with Crippen LogP contribution in [0.15, 0.2) is 28.8 Å². The second-order valence-corrected chi connectivity index (χ2v) is 6.77. The van der Waals surface area contributed by atoms with Crippen molar-refractivity contribution in [2.24, 2.45) is 0 Å². The number of nitrogens with one attached hydrogen (secondary N) is 2. The molecule has 0 bridgehead atoms. The normalized spacial score (nSPS) is 15.0. The molecule has 2 aromatic rings. The van der Waals surface area contributed by atoms with Crippen molar-refractivity contribution in [3.05, 3.63) is 41.5 Å². The van der Waals surface area contributed by atoms with Crippen molar-refractivity contribution in [2.45, 2.75) is 38.1 Å². The SMILES string of the molecule is Cc1nc(C2(NC(=O)Nc3ccccc3CC(=O)N(C)C)CCC2)no1. The van der Waals surface area contributed by atoms with Gasteiger partial charge in [0, 0.05) is 26.7 Å². The van der Waals surface area contributed by atoms with Gasteiger partial charge in [-0.05, 0) is 30.9 Å². The number of hydrogen-bond acceptors (Lipinski definition) is 5. The maximum Gasteiger partial charge on any atom is 0.320 e. The summed E-state index contributed by atoms with van der Waals surface area (Å²) in [5, 5.41) is 9.80. The zero-order valence-electron chi connectivity index (χ0n) is 15.2. The van der Waals surface area contributed by atoms with E-state index in [-0.39, 0.29) is 18.4 Å². The maximum absolute atomic E-state index is 12.6. The molecule has 0 aliphatic heterocycles. The van der Waals surface area contributed by atoms with Crippen molar-refractivity contribution in [1.82, 2.24) is 20.4 Å². The Kier molecular flexibility index (Phi) is 4.92.